The average molecular weight is 376 g/mol. The normalized spacial score (nSPS) is 10.9. The summed E-state index contributed by atoms with van der Waals surface area (Å²) in [6, 6.07) is 5.02. The van der Waals surface area contributed by atoms with E-state index in [0.29, 0.717) is 10.9 Å². The van der Waals surface area contributed by atoms with Crippen molar-refractivity contribution in [2.75, 3.05) is 11.1 Å². The van der Waals surface area contributed by atoms with Crippen LogP contribution in [0.1, 0.15) is 11.4 Å². The zero-order valence-electron chi connectivity index (χ0n) is 13.8. The average Bonchev–Trinajstić information content (AvgIpc) is 2.98. The van der Waals surface area contributed by atoms with Gasteiger partial charge in [0.2, 0.25) is 16.9 Å². The summed E-state index contributed by atoms with van der Waals surface area (Å²) in [4.78, 5) is 30.4. The monoisotopic (exact) mass is 376 g/mol. The van der Waals surface area contributed by atoms with Crippen LogP contribution >= 0.6 is 11.8 Å². The Balaban J connectivity index is 1.67. The lowest BCUT2D eigenvalue weighted by molar-refractivity contribution is -0.387. The molecule has 0 aliphatic rings. The van der Waals surface area contributed by atoms with E-state index >= 15 is 0 Å². The largest absolute Gasteiger partial charge is 0.325 e. The van der Waals surface area contributed by atoms with Crippen LogP contribution in [0.15, 0.2) is 29.4 Å². The number of halogens is 1. The Labute approximate surface area is 150 Å². The maximum atomic E-state index is 13.3. The van der Waals surface area contributed by atoms with Crippen molar-refractivity contribution in [2.45, 2.75) is 19.0 Å². The van der Waals surface area contributed by atoms with Gasteiger partial charge in [0.05, 0.1) is 10.7 Å². The molecule has 134 valence electrons. The first-order valence-corrected chi connectivity index (χ1v) is 8.39. The Morgan fingerprint density at radius 3 is 2.85 bits per heavy atom. The lowest BCUT2D eigenvalue weighted by Crippen LogP contribution is -2.14. The Kier molecular flexibility index (Phi) is 4.80. The van der Waals surface area contributed by atoms with Gasteiger partial charge in [-0.25, -0.2) is 9.50 Å². The molecule has 0 fully saturated rings. The van der Waals surface area contributed by atoms with Gasteiger partial charge >= 0.3 is 5.69 Å². The molecule has 1 aromatic carbocycles. The van der Waals surface area contributed by atoms with Crippen LogP contribution in [0, 0.1) is 29.8 Å². The highest BCUT2D eigenvalue weighted by atomic mass is 32.2. The first-order chi connectivity index (χ1) is 12.3. The molecule has 2 aromatic heterocycles. The van der Waals surface area contributed by atoms with E-state index in [1.165, 1.54) is 6.07 Å². The smallest absolute Gasteiger partial charge is 0.306 e. The molecule has 0 atom stereocenters. The van der Waals surface area contributed by atoms with Gasteiger partial charge < -0.3 is 5.32 Å². The van der Waals surface area contributed by atoms with E-state index in [0.717, 1.165) is 35.3 Å². The van der Waals surface area contributed by atoms with Crippen molar-refractivity contribution in [1.82, 2.24) is 19.6 Å². The zero-order valence-corrected chi connectivity index (χ0v) is 14.6. The van der Waals surface area contributed by atoms with Gasteiger partial charge in [0.15, 0.2) is 0 Å². The summed E-state index contributed by atoms with van der Waals surface area (Å²) < 4.78 is 14.9. The lowest BCUT2D eigenvalue weighted by atomic mass is 10.2. The number of nitro groups is 1. The fourth-order valence-corrected chi connectivity index (χ4v) is 2.88. The number of aryl methyl sites for hydroxylation is 2. The number of nitrogens with one attached hydrogen (secondary N) is 1. The van der Waals surface area contributed by atoms with Gasteiger partial charge in [0.1, 0.15) is 0 Å². The Hall–Kier alpha value is -3.08. The molecule has 0 unspecified atom stereocenters. The fraction of sp³-hybridized carbons (Fsp3) is 0.200. The number of carbonyl (C=O) groups is 1. The highest BCUT2D eigenvalue weighted by Crippen LogP contribution is 2.22. The first-order valence-electron chi connectivity index (χ1n) is 7.41. The Morgan fingerprint density at radius 2 is 2.12 bits per heavy atom. The van der Waals surface area contributed by atoms with Crippen molar-refractivity contribution < 1.29 is 14.1 Å². The molecule has 0 saturated carbocycles. The topological polar surface area (TPSA) is 115 Å². The van der Waals surface area contributed by atoms with E-state index in [9.17, 15) is 19.3 Å². The minimum Gasteiger partial charge on any atom is -0.325 e. The van der Waals surface area contributed by atoms with Crippen LogP contribution < -0.4 is 5.32 Å². The second-order valence-electron chi connectivity index (χ2n) is 5.41. The number of fused-ring (bicyclic) bond motifs is 1. The number of hydrogen-bond donors (Lipinski definition) is 1. The van der Waals surface area contributed by atoms with Crippen LogP contribution in [0.5, 0.6) is 0 Å². The predicted molar refractivity (Wildman–Crippen MR) is 92.7 cm³/mol. The summed E-state index contributed by atoms with van der Waals surface area (Å²) in [5, 5.41) is 17.9. The van der Waals surface area contributed by atoms with Gasteiger partial charge in [0, 0.05) is 23.1 Å². The zero-order chi connectivity index (χ0) is 18.8. The predicted octanol–water partition coefficient (Wildman–Crippen LogP) is 2.52. The van der Waals surface area contributed by atoms with Gasteiger partial charge in [-0.2, -0.15) is 9.37 Å². The summed E-state index contributed by atoms with van der Waals surface area (Å²) in [5.74, 6) is -0.954. The number of benzene rings is 1. The molecular formula is C15H13FN6O3S. The molecule has 9 nitrogen and oxygen atoms in total. The van der Waals surface area contributed by atoms with Crippen molar-refractivity contribution in [3.05, 3.63) is 51.6 Å². The number of carbonyl (C=O) groups excluding carboxylic acids is 1. The molecule has 0 aliphatic heterocycles. The quantitative estimate of drug-likeness (QED) is 0.413. The number of thioether (sulfide) groups is 1. The fourth-order valence-electron chi connectivity index (χ4n) is 2.27. The van der Waals surface area contributed by atoms with Crippen molar-refractivity contribution in [1.29, 1.82) is 0 Å². The standard InChI is InChI=1S/C15H13FN6O3S/c1-8-5-9(2)21-14(17-8)19-15(20-21)26-7-13(23)18-10-3-4-11(16)12(6-10)22(24)25/h3-6H,7H2,1-2H3,(H,18,23). The number of nitrogens with zero attached hydrogens (tertiary/aromatic N) is 5. The van der Waals surface area contributed by atoms with Crippen LogP contribution in [-0.2, 0) is 4.79 Å². The Morgan fingerprint density at radius 1 is 1.35 bits per heavy atom. The summed E-state index contributed by atoms with van der Waals surface area (Å²) in [6.07, 6.45) is 0. The number of aromatic nitrogens is 4. The van der Waals surface area contributed by atoms with E-state index in [1.807, 2.05) is 19.9 Å². The SMILES string of the molecule is Cc1cc(C)n2nc(SCC(=O)Nc3ccc(F)c([N+](=O)[O-])c3)nc2n1. The molecule has 0 bridgehead atoms. The van der Waals surface area contributed by atoms with Crippen molar-refractivity contribution in [3.63, 3.8) is 0 Å². The molecule has 2 heterocycles. The molecule has 3 rings (SSSR count). The Bertz CT molecular complexity index is 1020. The van der Waals surface area contributed by atoms with Gasteiger partial charge in [0.25, 0.3) is 5.78 Å². The molecule has 26 heavy (non-hydrogen) atoms. The maximum absolute atomic E-state index is 13.3. The molecule has 3 aromatic rings. The summed E-state index contributed by atoms with van der Waals surface area (Å²) in [5.41, 5.74) is 1.12. The van der Waals surface area contributed by atoms with Crippen LogP contribution in [0.3, 0.4) is 0 Å². The molecule has 0 saturated heterocycles. The molecule has 0 aliphatic carbocycles. The van der Waals surface area contributed by atoms with E-state index in [1.54, 1.807) is 4.52 Å². The lowest BCUT2D eigenvalue weighted by Gasteiger charge is -2.04. The molecule has 11 heteroatoms. The summed E-state index contributed by atoms with van der Waals surface area (Å²) in [6.45, 7) is 3.72. The van der Waals surface area contributed by atoms with Gasteiger partial charge in [-0.15, -0.1) is 5.10 Å². The number of amides is 1. The van der Waals surface area contributed by atoms with E-state index in [2.05, 4.69) is 20.4 Å². The molecule has 0 spiro atoms. The minimum atomic E-state index is -0.963. The van der Waals surface area contributed by atoms with Crippen molar-refractivity contribution in [2.24, 2.45) is 0 Å². The van der Waals surface area contributed by atoms with Crippen LogP contribution in [0.2, 0.25) is 0 Å². The minimum absolute atomic E-state index is 0.0138. The number of nitro benzene ring substituents is 1. The number of anilines is 1. The third-order valence-electron chi connectivity index (χ3n) is 3.36. The van der Waals surface area contributed by atoms with Crippen LogP contribution in [-0.4, -0.2) is 36.2 Å². The van der Waals surface area contributed by atoms with Gasteiger partial charge in [-0.05, 0) is 32.0 Å². The van der Waals surface area contributed by atoms with E-state index < -0.39 is 22.3 Å². The van der Waals surface area contributed by atoms with E-state index in [-0.39, 0.29) is 11.4 Å². The van der Waals surface area contributed by atoms with Crippen molar-refractivity contribution in [3.8, 4) is 0 Å². The van der Waals surface area contributed by atoms with Crippen LogP contribution in [0.25, 0.3) is 5.78 Å². The third kappa shape index (κ3) is 3.77. The number of rotatable bonds is 5. The second kappa shape index (κ2) is 7.04. The molecule has 0 radical (unpaired) electrons. The number of hydrogen-bond acceptors (Lipinski definition) is 7. The highest BCUT2D eigenvalue weighted by molar-refractivity contribution is 7.99. The van der Waals surface area contributed by atoms with E-state index in [4.69, 9.17) is 0 Å². The maximum Gasteiger partial charge on any atom is 0.306 e. The molecule has 1 amide bonds. The summed E-state index contributed by atoms with van der Waals surface area (Å²) >= 11 is 1.10. The first kappa shape index (κ1) is 17.7. The second-order valence-corrected chi connectivity index (χ2v) is 6.35. The third-order valence-corrected chi connectivity index (χ3v) is 4.20. The van der Waals surface area contributed by atoms with Crippen LogP contribution in [0.4, 0.5) is 15.8 Å². The summed E-state index contributed by atoms with van der Waals surface area (Å²) in [7, 11) is 0. The molecule has 1 N–H and O–H groups in total. The molecular weight excluding hydrogens is 363 g/mol. The van der Waals surface area contributed by atoms with Gasteiger partial charge in [-0.1, -0.05) is 11.8 Å². The van der Waals surface area contributed by atoms with Gasteiger partial charge in [-0.3, -0.25) is 14.9 Å². The highest BCUT2D eigenvalue weighted by Gasteiger charge is 2.16. The van der Waals surface area contributed by atoms with Crippen molar-refractivity contribution >= 4 is 34.8 Å².